The van der Waals surface area contributed by atoms with Crippen molar-refractivity contribution < 1.29 is 14.3 Å². The van der Waals surface area contributed by atoms with Crippen LogP contribution < -0.4 is 14.8 Å². The lowest BCUT2D eigenvalue weighted by atomic mass is 10.3. The van der Waals surface area contributed by atoms with Gasteiger partial charge in [-0.15, -0.1) is 11.8 Å². The van der Waals surface area contributed by atoms with Gasteiger partial charge >= 0.3 is 0 Å². The van der Waals surface area contributed by atoms with E-state index in [2.05, 4.69) is 10.3 Å². The summed E-state index contributed by atoms with van der Waals surface area (Å²) in [6.07, 6.45) is 4.77. The van der Waals surface area contributed by atoms with Gasteiger partial charge < -0.3 is 14.8 Å². The number of carbonyl (C=O) groups excluding carboxylic acids is 1. The number of nitrogens with zero attached hydrogens (tertiary/aromatic N) is 1. The molecule has 0 radical (unpaired) electrons. The van der Waals surface area contributed by atoms with Gasteiger partial charge in [-0.25, -0.2) is 4.98 Å². The van der Waals surface area contributed by atoms with E-state index in [0.29, 0.717) is 24.8 Å². The third-order valence-corrected chi connectivity index (χ3v) is 5.12. The second-order valence-electron chi connectivity index (χ2n) is 6.31. The number of pyridine rings is 1. The maximum atomic E-state index is 12.0. The Bertz CT molecular complexity index is 700. The highest BCUT2D eigenvalue weighted by Gasteiger charge is 2.22. The summed E-state index contributed by atoms with van der Waals surface area (Å²) in [5.74, 6) is 2.99. The van der Waals surface area contributed by atoms with Gasteiger partial charge in [-0.2, -0.15) is 0 Å². The van der Waals surface area contributed by atoms with E-state index < -0.39 is 0 Å². The van der Waals surface area contributed by atoms with Crippen molar-refractivity contribution in [3.8, 4) is 11.6 Å². The average molecular weight is 372 g/mol. The van der Waals surface area contributed by atoms with Gasteiger partial charge in [-0.05, 0) is 48.6 Å². The van der Waals surface area contributed by atoms with E-state index in [1.165, 1.54) is 12.8 Å². The first kappa shape index (κ1) is 18.6. The molecule has 0 spiro atoms. The summed E-state index contributed by atoms with van der Waals surface area (Å²) in [7, 11) is 1.65. The van der Waals surface area contributed by atoms with Crippen LogP contribution in [0.15, 0.2) is 47.5 Å². The number of aromatic nitrogens is 1. The number of nitrogens with one attached hydrogen (secondary N) is 1. The molecule has 1 fully saturated rings. The number of amides is 1. The highest BCUT2D eigenvalue weighted by molar-refractivity contribution is 7.99. The van der Waals surface area contributed by atoms with Crippen LogP contribution in [-0.2, 0) is 11.3 Å². The lowest BCUT2D eigenvalue weighted by Crippen LogP contribution is -2.23. The predicted molar refractivity (Wildman–Crippen MR) is 103 cm³/mol. The van der Waals surface area contributed by atoms with E-state index in [0.717, 1.165) is 28.6 Å². The minimum atomic E-state index is 0.0417. The molecule has 1 saturated carbocycles. The Hall–Kier alpha value is -2.21. The van der Waals surface area contributed by atoms with E-state index in [-0.39, 0.29) is 5.91 Å². The Kier molecular flexibility index (Phi) is 6.77. The van der Waals surface area contributed by atoms with Crippen LogP contribution >= 0.6 is 11.8 Å². The first-order valence-electron chi connectivity index (χ1n) is 8.84. The molecule has 3 rings (SSSR count). The number of hydrogen-bond donors (Lipinski definition) is 1. The van der Waals surface area contributed by atoms with Crippen molar-refractivity contribution in [1.29, 1.82) is 0 Å². The molecule has 1 aromatic carbocycles. The largest absolute Gasteiger partial charge is 0.497 e. The van der Waals surface area contributed by atoms with Crippen molar-refractivity contribution >= 4 is 17.7 Å². The van der Waals surface area contributed by atoms with E-state index >= 15 is 0 Å². The highest BCUT2D eigenvalue weighted by atomic mass is 32.2. The van der Waals surface area contributed by atoms with Crippen LogP contribution in [0.4, 0.5) is 0 Å². The quantitative estimate of drug-likeness (QED) is 0.645. The van der Waals surface area contributed by atoms with Crippen molar-refractivity contribution in [1.82, 2.24) is 10.3 Å². The van der Waals surface area contributed by atoms with Crippen molar-refractivity contribution in [2.24, 2.45) is 5.92 Å². The third-order valence-electron chi connectivity index (χ3n) is 4.11. The van der Waals surface area contributed by atoms with Crippen LogP contribution in [0.1, 0.15) is 24.8 Å². The minimum absolute atomic E-state index is 0.0417. The topological polar surface area (TPSA) is 60.5 Å². The van der Waals surface area contributed by atoms with E-state index in [1.54, 1.807) is 25.1 Å². The van der Waals surface area contributed by atoms with Gasteiger partial charge in [0.1, 0.15) is 5.75 Å². The third kappa shape index (κ3) is 6.26. The zero-order chi connectivity index (χ0) is 18.2. The van der Waals surface area contributed by atoms with Gasteiger partial charge in [0.15, 0.2) is 0 Å². The maximum absolute atomic E-state index is 12.0. The predicted octanol–water partition coefficient (Wildman–Crippen LogP) is 3.68. The molecule has 0 atom stereocenters. The smallest absolute Gasteiger partial charge is 0.221 e. The van der Waals surface area contributed by atoms with Gasteiger partial charge in [0.2, 0.25) is 11.8 Å². The van der Waals surface area contributed by atoms with Crippen molar-refractivity contribution in [2.45, 2.75) is 30.7 Å². The van der Waals surface area contributed by atoms with Crippen molar-refractivity contribution in [3.63, 3.8) is 0 Å². The Morgan fingerprint density at radius 1 is 1.23 bits per heavy atom. The lowest BCUT2D eigenvalue weighted by molar-refractivity contribution is -0.120. The van der Waals surface area contributed by atoms with Crippen LogP contribution in [0.5, 0.6) is 11.6 Å². The molecule has 5 nitrogen and oxygen atoms in total. The summed E-state index contributed by atoms with van der Waals surface area (Å²) in [5, 5.41) is 2.93. The Morgan fingerprint density at radius 2 is 2.04 bits per heavy atom. The van der Waals surface area contributed by atoms with Crippen molar-refractivity contribution in [2.75, 3.05) is 19.5 Å². The number of methoxy groups -OCH3 is 1. The zero-order valence-corrected chi connectivity index (χ0v) is 15.8. The number of benzene rings is 1. The number of carbonyl (C=O) groups is 1. The van der Waals surface area contributed by atoms with Crippen LogP contribution in [0.2, 0.25) is 0 Å². The first-order chi connectivity index (χ1) is 12.7. The van der Waals surface area contributed by atoms with Gasteiger partial charge in [-0.1, -0.05) is 6.07 Å². The standard InChI is InChI=1S/C20H24N2O3S/c1-24-17-5-7-18(8-6-17)26-11-10-19(23)21-12-16-4-9-20(22-13-16)25-14-15-2-3-15/h4-9,13,15H,2-3,10-12,14H2,1H3,(H,21,23). The molecule has 1 amide bonds. The van der Waals surface area contributed by atoms with Gasteiger partial charge in [0.25, 0.3) is 0 Å². The number of thioether (sulfide) groups is 1. The Morgan fingerprint density at radius 3 is 2.69 bits per heavy atom. The molecular weight excluding hydrogens is 348 g/mol. The van der Waals surface area contributed by atoms with Crippen molar-refractivity contribution in [3.05, 3.63) is 48.2 Å². The fraction of sp³-hybridized carbons (Fsp3) is 0.400. The molecular formula is C20H24N2O3S. The SMILES string of the molecule is COc1ccc(SCCC(=O)NCc2ccc(OCC3CC3)nc2)cc1. The second-order valence-corrected chi connectivity index (χ2v) is 7.48. The molecule has 0 unspecified atom stereocenters. The molecule has 2 aromatic rings. The number of hydrogen-bond acceptors (Lipinski definition) is 5. The lowest BCUT2D eigenvalue weighted by Gasteiger charge is -2.07. The summed E-state index contributed by atoms with van der Waals surface area (Å²) >= 11 is 1.66. The van der Waals surface area contributed by atoms with Gasteiger partial charge in [0.05, 0.1) is 13.7 Å². The minimum Gasteiger partial charge on any atom is -0.497 e. The van der Waals surface area contributed by atoms with Crippen LogP contribution in [0.3, 0.4) is 0 Å². The van der Waals surface area contributed by atoms with E-state index in [9.17, 15) is 4.79 Å². The summed E-state index contributed by atoms with van der Waals surface area (Å²) in [4.78, 5) is 17.4. The molecule has 1 aliphatic rings. The Labute approximate surface area is 158 Å². The molecule has 0 bridgehead atoms. The average Bonchev–Trinajstić information content (AvgIpc) is 3.50. The Balaban J connectivity index is 1.32. The second kappa shape index (κ2) is 9.48. The molecule has 1 N–H and O–H groups in total. The molecule has 6 heteroatoms. The monoisotopic (exact) mass is 372 g/mol. The fourth-order valence-electron chi connectivity index (χ4n) is 2.31. The first-order valence-corrected chi connectivity index (χ1v) is 9.83. The van der Waals surface area contributed by atoms with Crippen LogP contribution in [0.25, 0.3) is 0 Å². The summed E-state index contributed by atoms with van der Waals surface area (Å²) in [5.41, 5.74) is 0.972. The van der Waals surface area contributed by atoms with Gasteiger partial charge in [0, 0.05) is 35.9 Å². The van der Waals surface area contributed by atoms with Crippen LogP contribution in [0, 0.1) is 5.92 Å². The molecule has 1 aromatic heterocycles. The number of rotatable bonds is 10. The van der Waals surface area contributed by atoms with Gasteiger partial charge in [-0.3, -0.25) is 4.79 Å². The molecule has 0 aliphatic heterocycles. The molecule has 26 heavy (non-hydrogen) atoms. The highest BCUT2D eigenvalue weighted by Crippen LogP contribution is 2.29. The molecule has 0 saturated heterocycles. The summed E-state index contributed by atoms with van der Waals surface area (Å²) in [6, 6.07) is 11.7. The summed E-state index contributed by atoms with van der Waals surface area (Å²) < 4.78 is 10.7. The zero-order valence-electron chi connectivity index (χ0n) is 14.9. The maximum Gasteiger partial charge on any atom is 0.221 e. The van der Waals surface area contributed by atoms with E-state index in [1.807, 2.05) is 36.4 Å². The normalized spacial score (nSPS) is 13.3. The van der Waals surface area contributed by atoms with Crippen LogP contribution in [-0.4, -0.2) is 30.4 Å². The van der Waals surface area contributed by atoms with E-state index in [4.69, 9.17) is 9.47 Å². The molecule has 1 aliphatic carbocycles. The number of ether oxygens (including phenoxy) is 2. The molecule has 1 heterocycles. The summed E-state index contributed by atoms with van der Waals surface area (Å²) in [6.45, 7) is 1.25. The molecule has 138 valence electrons. The fourth-order valence-corrected chi connectivity index (χ4v) is 3.16.